The molecule has 0 spiro atoms. The van der Waals surface area contributed by atoms with E-state index in [1.54, 1.807) is 0 Å². The first-order valence-electron chi connectivity index (χ1n) is 6.07. The first-order valence-corrected chi connectivity index (χ1v) is 7.63. The van der Waals surface area contributed by atoms with Gasteiger partial charge in [0.25, 0.3) is 0 Å². The van der Waals surface area contributed by atoms with E-state index in [0.29, 0.717) is 0 Å². The summed E-state index contributed by atoms with van der Waals surface area (Å²) in [6, 6.07) is 0. The van der Waals surface area contributed by atoms with Gasteiger partial charge >= 0.3 is 0 Å². The van der Waals surface area contributed by atoms with Crippen LogP contribution in [0, 0.1) is 17.8 Å². The molecule has 0 aromatic carbocycles. The SMILES string of the molecule is ClC(CBr)OC12CC3CC(CC(C3)C1)C2. The van der Waals surface area contributed by atoms with E-state index in [1.807, 2.05) is 0 Å². The van der Waals surface area contributed by atoms with Crippen LogP contribution in [0.2, 0.25) is 0 Å². The minimum absolute atomic E-state index is 0.138. The molecule has 0 aliphatic heterocycles. The van der Waals surface area contributed by atoms with Crippen molar-refractivity contribution in [2.24, 2.45) is 17.8 Å². The number of alkyl halides is 2. The van der Waals surface area contributed by atoms with Crippen molar-refractivity contribution in [1.82, 2.24) is 0 Å². The third-order valence-electron chi connectivity index (χ3n) is 4.48. The predicted molar refractivity (Wildman–Crippen MR) is 65.4 cm³/mol. The molecule has 1 unspecified atom stereocenters. The summed E-state index contributed by atoms with van der Waals surface area (Å²) in [6.45, 7) is 0. The monoisotopic (exact) mass is 292 g/mol. The molecule has 1 nitrogen and oxygen atoms in total. The highest BCUT2D eigenvalue weighted by Crippen LogP contribution is 2.57. The van der Waals surface area contributed by atoms with Gasteiger partial charge in [-0.1, -0.05) is 27.5 Å². The lowest BCUT2D eigenvalue weighted by Crippen LogP contribution is -2.53. The molecule has 4 bridgehead atoms. The minimum atomic E-state index is -0.138. The molecule has 0 N–H and O–H groups in total. The van der Waals surface area contributed by atoms with Crippen LogP contribution in [0.1, 0.15) is 38.5 Å². The second-order valence-corrected chi connectivity index (χ2v) is 6.92. The summed E-state index contributed by atoms with van der Waals surface area (Å²) in [5.41, 5.74) is 0.0239. The summed E-state index contributed by atoms with van der Waals surface area (Å²) in [7, 11) is 0. The van der Waals surface area contributed by atoms with Crippen molar-refractivity contribution in [1.29, 1.82) is 0 Å². The average Bonchev–Trinajstić information content (AvgIpc) is 2.14. The van der Waals surface area contributed by atoms with Crippen LogP contribution in [0.5, 0.6) is 0 Å². The second kappa shape index (κ2) is 3.89. The van der Waals surface area contributed by atoms with Crippen molar-refractivity contribution in [2.45, 2.75) is 49.7 Å². The molecule has 1 atom stereocenters. The second-order valence-electron chi connectivity index (χ2n) is 5.78. The molecule has 0 heterocycles. The van der Waals surface area contributed by atoms with Crippen LogP contribution < -0.4 is 0 Å². The normalized spacial score (nSPS) is 49.6. The summed E-state index contributed by atoms with van der Waals surface area (Å²) < 4.78 is 6.12. The van der Waals surface area contributed by atoms with Crippen molar-refractivity contribution in [3.8, 4) is 0 Å². The molecule has 4 fully saturated rings. The zero-order valence-electron chi connectivity index (χ0n) is 8.92. The number of hydrogen-bond donors (Lipinski definition) is 0. The highest BCUT2D eigenvalue weighted by Gasteiger charge is 2.52. The van der Waals surface area contributed by atoms with Gasteiger partial charge in [-0.3, -0.25) is 0 Å². The van der Waals surface area contributed by atoms with Crippen molar-refractivity contribution in [2.75, 3.05) is 5.33 Å². The molecule has 0 aromatic heterocycles. The molecule has 0 aromatic rings. The molecule has 0 saturated heterocycles. The smallest absolute Gasteiger partial charge is 0.141 e. The molecule has 0 radical (unpaired) electrons. The summed E-state index contributed by atoms with van der Waals surface area (Å²) in [6.07, 6.45) is 8.21. The van der Waals surface area contributed by atoms with Gasteiger partial charge in [-0.25, -0.2) is 0 Å². The van der Waals surface area contributed by atoms with Crippen molar-refractivity contribution in [3.05, 3.63) is 0 Å². The van der Waals surface area contributed by atoms with Crippen molar-refractivity contribution >= 4 is 27.5 Å². The van der Waals surface area contributed by atoms with Gasteiger partial charge in [-0.2, -0.15) is 0 Å². The first kappa shape index (κ1) is 10.9. The maximum Gasteiger partial charge on any atom is 0.141 e. The van der Waals surface area contributed by atoms with Gasteiger partial charge in [-0.15, -0.1) is 0 Å². The number of ether oxygens (including phenoxy) is 1. The third kappa shape index (κ3) is 1.98. The van der Waals surface area contributed by atoms with Crippen LogP contribution in [-0.4, -0.2) is 16.5 Å². The van der Waals surface area contributed by atoms with Crippen molar-refractivity contribution < 1.29 is 4.74 Å². The van der Waals surface area contributed by atoms with E-state index in [0.717, 1.165) is 23.1 Å². The van der Waals surface area contributed by atoms with Gasteiger partial charge in [0.2, 0.25) is 0 Å². The van der Waals surface area contributed by atoms with Gasteiger partial charge in [0.05, 0.1) is 5.60 Å². The van der Waals surface area contributed by atoms with Gasteiger partial charge in [0.15, 0.2) is 0 Å². The van der Waals surface area contributed by atoms with Gasteiger partial charge in [0, 0.05) is 5.33 Å². The van der Waals surface area contributed by atoms with E-state index in [-0.39, 0.29) is 11.2 Å². The van der Waals surface area contributed by atoms with Crippen LogP contribution in [0.4, 0.5) is 0 Å². The van der Waals surface area contributed by atoms with Crippen LogP contribution >= 0.6 is 27.5 Å². The summed E-state index contributed by atoms with van der Waals surface area (Å²) >= 11 is 9.53. The number of halogens is 2. The Labute approximate surface area is 105 Å². The summed E-state index contributed by atoms with van der Waals surface area (Å²) in [5, 5.41) is 0.746. The Morgan fingerprint density at radius 1 is 1.13 bits per heavy atom. The fraction of sp³-hybridized carbons (Fsp3) is 1.00. The Balaban J connectivity index is 1.75. The van der Waals surface area contributed by atoms with Gasteiger partial charge in [0.1, 0.15) is 5.56 Å². The lowest BCUT2D eigenvalue weighted by atomic mass is 9.54. The Bertz CT molecular complexity index is 221. The Morgan fingerprint density at radius 3 is 2.00 bits per heavy atom. The van der Waals surface area contributed by atoms with E-state index < -0.39 is 0 Å². The maximum absolute atomic E-state index is 6.13. The number of rotatable bonds is 3. The van der Waals surface area contributed by atoms with Crippen molar-refractivity contribution in [3.63, 3.8) is 0 Å². The molecular weight excluding hydrogens is 275 g/mol. The molecule has 3 heteroatoms. The molecular formula is C12H18BrClO. The lowest BCUT2D eigenvalue weighted by Gasteiger charge is -2.56. The van der Waals surface area contributed by atoms with E-state index in [2.05, 4.69) is 15.9 Å². The first-order chi connectivity index (χ1) is 7.19. The third-order valence-corrected chi connectivity index (χ3v) is 5.69. The molecule has 15 heavy (non-hydrogen) atoms. The molecule has 4 rings (SSSR count). The zero-order valence-corrected chi connectivity index (χ0v) is 11.3. The van der Waals surface area contributed by atoms with Gasteiger partial charge < -0.3 is 4.74 Å². The fourth-order valence-corrected chi connectivity index (χ4v) is 4.80. The van der Waals surface area contributed by atoms with E-state index >= 15 is 0 Å². The van der Waals surface area contributed by atoms with E-state index in [9.17, 15) is 0 Å². The molecule has 4 aliphatic rings. The van der Waals surface area contributed by atoms with Crippen LogP contribution in [0.3, 0.4) is 0 Å². The lowest BCUT2D eigenvalue weighted by molar-refractivity contribution is -0.167. The standard InChI is InChI=1S/C12H18BrClO/c13-7-11(14)15-12-4-8-1-9(5-12)3-10(2-8)6-12/h8-11H,1-7H2. The number of hydrogen-bond acceptors (Lipinski definition) is 1. The molecule has 4 saturated carbocycles. The Kier molecular flexibility index (Phi) is 2.81. The van der Waals surface area contributed by atoms with Gasteiger partial charge in [-0.05, 0) is 56.3 Å². The summed E-state index contributed by atoms with van der Waals surface area (Å²) in [5.74, 6) is 2.82. The molecule has 0 amide bonds. The Morgan fingerprint density at radius 2 is 1.60 bits per heavy atom. The molecule has 4 aliphatic carbocycles. The minimum Gasteiger partial charge on any atom is -0.355 e. The highest BCUT2D eigenvalue weighted by atomic mass is 79.9. The Hall–Kier alpha value is 0.730. The van der Waals surface area contributed by atoms with Crippen LogP contribution in [0.15, 0.2) is 0 Å². The summed E-state index contributed by atoms with van der Waals surface area (Å²) in [4.78, 5) is 0. The maximum atomic E-state index is 6.13. The highest BCUT2D eigenvalue weighted by molar-refractivity contribution is 9.09. The van der Waals surface area contributed by atoms with E-state index in [4.69, 9.17) is 16.3 Å². The predicted octanol–water partition coefficient (Wildman–Crippen LogP) is 3.93. The molecule has 86 valence electrons. The largest absolute Gasteiger partial charge is 0.355 e. The van der Waals surface area contributed by atoms with Crippen LogP contribution in [-0.2, 0) is 4.74 Å². The van der Waals surface area contributed by atoms with E-state index in [1.165, 1.54) is 38.5 Å². The van der Waals surface area contributed by atoms with Crippen LogP contribution in [0.25, 0.3) is 0 Å². The average molecular weight is 294 g/mol. The zero-order chi connectivity index (χ0) is 10.5. The quantitative estimate of drug-likeness (QED) is 0.716. The topological polar surface area (TPSA) is 9.23 Å². The fourth-order valence-electron chi connectivity index (χ4n) is 4.48.